The number of fused-ring (bicyclic) bond motifs is 1. The van der Waals surface area contributed by atoms with Gasteiger partial charge in [-0.1, -0.05) is 23.7 Å². The number of nitrogens with one attached hydrogen (secondary N) is 1. The molecule has 4 rings (SSSR count). The van der Waals surface area contributed by atoms with Gasteiger partial charge < -0.3 is 10.1 Å². The zero-order valence-electron chi connectivity index (χ0n) is 15.8. The Morgan fingerprint density at radius 3 is 2.69 bits per heavy atom. The summed E-state index contributed by atoms with van der Waals surface area (Å²) in [5.74, 6) is -0.287. The van der Waals surface area contributed by atoms with Crippen LogP contribution in [0, 0.1) is 5.82 Å². The van der Waals surface area contributed by atoms with E-state index in [1.807, 2.05) is 7.05 Å². The third-order valence-corrected chi connectivity index (χ3v) is 7.27. The Morgan fingerprint density at radius 2 is 2.03 bits per heavy atom. The molecule has 0 fully saturated rings. The summed E-state index contributed by atoms with van der Waals surface area (Å²) in [6, 6.07) is 8.92. The van der Waals surface area contributed by atoms with Crippen LogP contribution in [0.5, 0.6) is 5.88 Å². The van der Waals surface area contributed by atoms with Crippen LogP contribution in [-0.2, 0) is 16.4 Å². The molecule has 0 spiro atoms. The van der Waals surface area contributed by atoms with E-state index < -0.39 is 15.8 Å². The second kappa shape index (κ2) is 7.44. The van der Waals surface area contributed by atoms with Crippen molar-refractivity contribution >= 4 is 21.6 Å². The molecule has 29 heavy (non-hydrogen) atoms. The molecule has 1 unspecified atom stereocenters. The number of benzene rings is 1. The minimum atomic E-state index is -4.13. The minimum Gasteiger partial charge on any atom is -0.481 e. The first-order valence-corrected chi connectivity index (χ1v) is 10.8. The second-order valence-corrected chi connectivity index (χ2v) is 8.86. The van der Waals surface area contributed by atoms with E-state index in [2.05, 4.69) is 10.3 Å². The van der Waals surface area contributed by atoms with E-state index in [0.29, 0.717) is 12.1 Å². The third kappa shape index (κ3) is 3.21. The first kappa shape index (κ1) is 19.9. The summed E-state index contributed by atoms with van der Waals surface area (Å²) in [5, 5.41) is 2.98. The summed E-state index contributed by atoms with van der Waals surface area (Å²) in [6.45, 7) is 0. The molecule has 3 aromatic rings. The number of halogens is 2. The predicted molar refractivity (Wildman–Crippen MR) is 108 cm³/mol. The lowest BCUT2D eigenvalue weighted by Gasteiger charge is -2.14. The molecule has 0 saturated carbocycles. The van der Waals surface area contributed by atoms with Gasteiger partial charge in [0.15, 0.2) is 5.15 Å². The molecule has 1 aliphatic carbocycles. The van der Waals surface area contributed by atoms with Crippen LogP contribution >= 0.6 is 11.6 Å². The molecule has 1 N–H and O–H groups in total. The molecule has 0 aliphatic heterocycles. The number of nitrogens with zero attached hydrogens (tertiary/aromatic N) is 2. The number of methoxy groups -OCH3 is 1. The molecule has 0 amide bonds. The highest BCUT2D eigenvalue weighted by Gasteiger charge is 2.34. The molecule has 152 valence electrons. The van der Waals surface area contributed by atoms with Gasteiger partial charge in [0, 0.05) is 23.9 Å². The molecule has 1 aromatic carbocycles. The lowest BCUT2D eigenvalue weighted by atomic mass is 10.1. The standard InChI is InChI=1S/C20H19ClFN3O3S/c1-23-16-8-7-12-14(16)11-25(19(12)13-5-3-4-6-15(13)22)29(26,27)17-9-10-18(28-2)24-20(17)21/h3-6,9-11,16,23H,7-8H2,1-2H3. The topological polar surface area (TPSA) is 73.2 Å². The van der Waals surface area contributed by atoms with Gasteiger partial charge in [-0.05, 0) is 49.2 Å². The van der Waals surface area contributed by atoms with E-state index in [9.17, 15) is 12.8 Å². The zero-order valence-corrected chi connectivity index (χ0v) is 17.4. The monoisotopic (exact) mass is 435 g/mol. The average molecular weight is 436 g/mol. The molecule has 6 nitrogen and oxygen atoms in total. The lowest BCUT2D eigenvalue weighted by molar-refractivity contribution is 0.397. The highest BCUT2D eigenvalue weighted by Crippen LogP contribution is 2.42. The Kier molecular flexibility index (Phi) is 5.10. The van der Waals surface area contributed by atoms with E-state index in [4.69, 9.17) is 16.3 Å². The number of aromatic nitrogens is 2. The molecule has 0 radical (unpaired) electrons. The van der Waals surface area contributed by atoms with Crippen LogP contribution in [-0.4, -0.2) is 31.5 Å². The Labute approximate surface area is 173 Å². The van der Waals surface area contributed by atoms with Gasteiger partial charge in [0.2, 0.25) is 5.88 Å². The Bertz CT molecular complexity index is 1190. The fourth-order valence-electron chi connectivity index (χ4n) is 3.79. The van der Waals surface area contributed by atoms with Crippen molar-refractivity contribution in [1.29, 1.82) is 0 Å². The maximum absolute atomic E-state index is 14.7. The molecule has 1 aliphatic rings. The van der Waals surface area contributed by atoms with Crippen LogP contribution in [0.3, 0.4) is 0 Å². The van der Waals surface area contributed by atoms with Crippen LogP contribution in [0.2, 0.25) is 5.15 Å². The quantitative estimate of drug-likeness (QED) is 0.617. The molecular weight excluding hydrogens is 417 g/mol. The maximum atomic E-state index is 14.7. The van der Waals surface area contributed by atoms with E-state index in [1.54, 1.807) is 24.4 Å². The van der Waals surface area contributed by atoms with Gasteiger partial charge in [0.1, 0.15) is 10.7 Å². The van der Waals surface area contributed by atoms with E-state index >= 15 is 0 Å². The second-order valence-electron chi connectivity index (χ2n) is 6.71. The third-order valence-electron chi connectivity index (χ3n) is 5.18. The molecule has 0 bridgehead atoms. The van der Waals surface area contributed by atoms with Crippen molar-refractivity contribution < 1.29 is 17.5 Å². The van der Waals surface area contributed by atoms with Gasteiger partial charge >= 0.3 is 0 Å². The number of hydrogen-bond donors (Lipinski definition) is 1. The van der Waals surface area contributed by atoms with Crippen molar-refractivity contribution in [2.24, 2.45) is 0 Å². The number of rotatable bonds is 5. The van der Waals surface area contributed by atoms with Crippen molar-refractivity contribution in [2.45, 2.75) is 23.8 Å². The summed E-state index contributed by atoms with van der Waals surface area (Å²) in [6.07, 6.45) is 3.01. The van der Waals surface area contributed by atoms with Crippen LogP contribution < -0.4 is 10.1 Å². The van der Waals surface area contributed by atoms with Crippen molar-refractivity contribution in [3.63, 3.8) is 0 Å². The highest BCUT2D eigenvalue weighted by molar-refractivity contribution is 7.90. The van der Waals surface area contributed by atoms with E-state index in [-0.39, 0.29) is 27.5 Å². The summed E-state index contributed by atoms with van der Waals surface area (Å²) < 4.78 is 47.8. The van der Waals surface area contributed by atoms with Gasteiger partial charge in [0.25, 0.3) is 10.0 Å². The number of hydrogen-bond acceptors (Lipinski definition) is 5. The van der Waals surface area contributed by atoms with E-state index in [1.165, 1.54) is 25.3 Å². The van der Waals surface area contributed by atoms with Crippen LogP contribution in [0.4, 0.5) is 4.39 Å². The van der Waals surface area contributed by atoms with E-state index in [0.717, 1.165) is 21.5 Å². The zero-order chi connectivity index (χ0) is 20.8. The van der Waals surface area contributed by atoms with Crippen LogP contribution in [0.1, 0.15) is 23.6 Å². The number of pyridine rings is 1. The Balaban J connectivity index is 1.98. The van der Waals surface area contributed by atoms with Gasteiger partial charge in [-0.2, -0.15) is 0 Å². The smallest absolute Gasteiger partial charge is 0.271 e. The summed E-state index contributed by atoms with van der Waals surface area (Å²) in [5.41, 5.74) is 2.21. The van der Waals surface area contributed by atoms with Gasteiger partial charge in [0.05, 0.1) is 12.8 Å². The van der Waals surface area contributed by atoms with Crippen LogP contribution in [0.25, 0.3) is 11.3 Å². The van der Waals surface area contributed by atoms with Crippen molar-refractivity contribution in [1.82, 2.24) is 14.3 Å². The highest BCUT2D eigenvalue weighted by atomic mass is 35.5. The van der Waals surface area contributed by atoms with Crippen molar-refractivity contribution in [2.75, 3.05) is 14.2 Å². The average Bonchev–Trinajstić information content (AvgIpc) is 3.27. The SMILES string of the molecule is CNC1CCc2c1cn(S(=O)(=O)c1ccc(OC)nc1Cl)c2-c1ccccc1F. The first-order chi connectivity index (χ1) is 13.9. The van der Waals surface area contributed by atoms with Gasteiger partial charge in [-0.3, -0.25) is 0 Å². The molecule has 9 heteroatoms. The Hall–Kier alpha value is -2.42. The van der Waals surface area contributed by atoms with Crippen molar-refractivity contribution in [3.8, 4) is 17.1 Å². The lowest BCUT2D eigenvalue weighted by Crippen LogP contribution is -2.17. The van der Waals surface area contributed by atoms with Crippen molar-refractivity contribution in [3.05, 3.63) is 64.7 Å². The molecule has 2 aromatic heterocycles. The molecular formula is C20H19ClFN3O3S. The summed E-state index contributed by atoms with van der Waals surface area (Å²) in [4.78, 5) is 3.79. The van der Waals surface area contributed by atoms with Gasteiger partial charge in [-0.15, -0.1) is 0 Å². The molecule has 2 heterocycles. The Morgan fingerprint density at radius 1 is 1.28 bits per heavy atom. The normalized spacial score (nSPS) is 16.1. The summed E-state index contributed by atoms with van der Waals surface area (Å²) >= 11 is 6.15. The fraction of sp³-hybridized carbons (Fsp3) is 0.250. The predicted octanol–water partition coefficient (Wildman–Crippen LogP) is 3.79. The first-order valence-electron chi connectivity index (χ1n) is 9.01. The molecule has 1 atom stereocenters. The number of ether oxygens (including phenoxy) is 1. The summed E-state index contributed by atoms with van der Waals surface area (Å²) in [7, 11) is -0.895. The molecule has 0 saturated heterocycles. The minimum absolute atomic E-state index is 0.00330. The van der Waals surface area contributed by atoms with Crippen LogP contribution in [0.15, 0.2) is 47.5 Å². The fourth-order valence-corrected chi connectivity index (χ4v) is 5.64. The van der Waals surface area contributed by atoms with Gasteiger partial charge in [-0.25, -0.2) is 21.8 Å². The maximum Gasteiger partial charge on any atom is 0.271 e. The largest absolute Gasteiger partial charge is 0.481 e.